The number of pyridine rings is 1. The molecule has 0 aliphatic rings. The van der Waals surface area contributed by atoms with E-state index in [0.29, 0.717) is 10.8 Å². The summed E-state index contributed by atoms with van der Waals surface area (Å²) in [6.45, 7) is 0. The highest BCUT2D eigenvalue weighted by Gasteiger charge is 1.94. The number of hydroxylamine groups is 1. The van der Waals surface area contributed by atoms with Crippen molar-refractivity contribution in [2.24, 2.45) is 0 Å². The van der Waals surface area contributed by atoms with Crippen molar-refractivity contribution < 1.29 is 5.21 Å². The van der Waals surface area contributed by atoms with Crippen molar-refractivity contribution >= 4 is 17.3 Å². The van der Waals surface area contributed by atoms with Gasteiger partial charge >= 0.3 is 0 Å². The van der Waals surface area contributed by atoms with E-state index in [9.17, 15) is 0 Å². The van der Waals surface area contributed by atoms with E-state index in [1.54, 1.807) is 12.1 Å². The minimum atomic E-state index is 0.422. The van der Waals surface area contributed by atoms with Gasteiger partial charge < -0.3 is 0 Å². The van der Waals surface area contributed by atoms with Gasteiger partial charge in [-0.15, -0.1) is 0 Å². The van der Waals surface area contributed by atoms with Crippen molar-refractivity contribution in [3.05, 3.63) is 23.5 Å². The van der Waals surface area contributed by atoms with Gasteiger partial charge in [0.15, 0.2) is 0 Å². The van der Waals surface area contributed by atoms with Crippen LogP contribution in [0.5, 0.6) is 0 Å². The molecule has 3 nitrogen and oxygen atoms in total. The first-order valence-corrected chi connectivity index (χ1v) is 3.12. The smallest absolute Gasteiger partial charge is 0.129 e. The van der Waals surface area contributed by atoms with E-state index in [0.717, 1.165) is 5.06 Å². The zero-order chi connectivity index (χ0) is 7.56. The summed E-state index contributed by atoms with van der Waals surface area (Å²) in [5.41, 5.74) is 0.615. The molecule has 0 atom stereocenters. The van der Waals surface area contributed by atoms with E-state index in [1.807, 2.05) is 0 Å². The predicted octanol–water partition coefficient (Wildman–Crippen LogP) is 1.56. The topological polar surface area (TPSA) is 36.4 Å². The minimum Gasteiger partial charge on any atom is -0.289 e. The number of hydrogen-bond acceptors (Lipinski definition) is 3. The fourth-order valence-corrected chi connectivity index (χ4v) is 0.671. The lowest BCUT2D eigenvalue weighted by atomic mass is 10.4. The highest BCUT2D eigenvalue weighted by molar-refractivity contribution is 6.29. The Balaban J connectivity index is 2.89. The van der Waals surface area contributed by atoms with E-state index < -0.39 is 0 Å². The fraction of sp³-hybridized carbons (Fsp3) is 0.167. The van der Waals surface area contributed by atoms with E-state index in [-0.39, 0.29) is 0 Å². The van der Waals surface area contributed by atoms with Crippen LogP contribution in [-0.4, -0.2) is 17.2 Å². The van der Waals surface area contributed by atoms with E-state index in [1.165, 1.54) is 13.2 Å². The minimum absolute atomic E-state index is 0.422. The highest BCUT2D eigenvalue weighted by Crippen LogP contribution is 2.11. The van der Waals surface area contributed by atoms with Crippen molar-refractivity contribution in [2.75, 3.05) is 12.1 Å². The lowest BCUT2D eigenvalue weighted by Crippen LogP contribution is -2.09. The van der Waals surface area contributed by atoms with Gasteiger partial charge in [-0.3, -0.25) is 10.3 Å². The van der Waals surface area contributed by atoms with Gasteiger partial charge in [-0.25, -0.2) is 4.98 Å². The third-order valence-corrected chi connectivity index (χ3v) is 1.31. The highest BCUT2D eigenvalue weighted by atomic mass is 35.5. The SMILES string of the molecule is CN(O)c1ccc(Cl)nc1. The van der Waals surface area contributed by atoms with Gasteiger partial charge in [0, 0.05) is 7.05 Å². The van der Waals surface area contributed by atoms with Crippen molar-refractivity contribution in [3.8, 4) is 0 Å². The molecule has 0 radical (unpaired) electrons. The quantitative estimate of drug-likeness (QED) is 0.498. The van der Waals surface area contributed by atoms with Gasteiger partial charge in [0.2, 0.25) is 0 Å². The fourth-order valence-electron chi connectivity index (χ4n) is 0.559. The first-order valence-electron chi connectivity index (χ1n) is 2.74. The van der Waals surface area contributed by atoms with Gasteiger partial charge in [0.05, 0.1) is 11.9 Å². The molecule has 10 heavy (non-hydrogen) atoms. The molecule has 0 saturated carbocycles. The van der Waals surface area contributed by atoms with Crippen LogP contribution in [0, 0.1) is 0 Å². The van der Waals surface area contributed by atoms with Crippen molar-refractivity contribution in [1.82, 2.24) is 4.98 Å². The van der Waals surface area contributed by atoms with Crippen molar-refractivity contribution in [1.29, 1.82) is 0 Å². The Morgan fingerprint density at radius 2 is 2.30 bits per heavy atom. The van der Waals surface area contributed by atoms with Gasteiger partial charge in [-0.05, 0) is 12.1 Å². The summed E-state index contributed by atoms with van der Waals surface area (Å²) in [5.74, 6) is 0. The molecule has 4 heteroatoms. The Bertz CT molecular complexity index is 209. The third kappa shape index (κ3) is 1.59. The van der Waals surface area contributed by atoms with E-state index in [2.05, 4.69) is 4.98 Å². The molecule has 0 saturated heterocycles. The molecule has 1 aromatic rings. The molecular formula is C6H7ClN2O. The summed E-state index contributed by atoms with van der Waals surface area (Å²) in [6, 6.07) is 3.29. The summed E-state index contributed by atoms with van der Waals surface area (Å²) >= 11 is 5.51. The van der Waals surface area contributed by atoms with Crippen molar-refractivity contribution in [2.45, 2.75) is 0 Å². The van der Waals surface area contributed by atoms with Crippen LogP contribution in [0.4, 0.5) is 5.69 Å². The lowest BCUT2D eigenvalue weighted by Gasteiger charge is -2.07. The zero-order valence-corrected chi connectivity index (χ0v) is 6.21. The summed E-state index contributed by atoms with van der Waals surface area (Å²) < 4.78 is 0. The van der Waals surface area contributed by atoms with Crippen LogP contribution in [0.3, 0.4) is 0 Å². The molecule has 0 unspecified atom stereocenters. The summed E-state index contributed by atoms with van der Waals surface area (Å²) in [5, 5.41) is 10.3. The van der Waals surface area contributed by atoms with Crippen LogP contribution in [0.25, 0.3) is 0 Å². The molecule has 0 spiro atoms. The maximum absolute atomic E-state index is 8.86. The molecule has 1 rings (SSSR count). The largest absolute Gasteiger partial charge is 0.289 e. The second-order valence-corrected chi connectivity index (χ2v) is 2.25. The lowest BCUT2D eigenvalue weighted by molar-refractivity contribution is 0.279. The van der Waals surface area contributed by atoms with Gasteiger partial charge in [0.1, 0.15) is 5.15 Å². The number of halogens is 1. The average molecular weight is 159 g/mol. The Labute approximate surface area is 63.8 Å². The molecule has 0 aliphatic heterocycles. The second kappa shape index (κ2) is 2.86. The van der Waals surface area contributed by atoms with Gasteiger partial charge in [0.25, 0.3) is 0 Å². The molecule has 1 N–H and O–H groups in total. The summed E-state index contributed by atoms with van der Waals surface area (Å²) in [4.78, 5) is 3.76. The normalized spacial score (nSPS) is 9.50. The summed E-state index contributed by atoms with van der Waals surface area (Å²) in [6.07, 6.45) is 1.49. The molecule has 0 fully saturated rings. The van der Waals surface area contributed by atoms with E-state index >= 15 is 0 Å². The van der Waals surface area contributed by atoms with Crippen LogP contribution >= 0.6 is 11.6 Å². The summed E-state index contributed by atoms with van der Waals surface area (Å²) in [7, 11) is 1.52. The molecular weight excluding hydrogens is 152 g/mol. The molecule has 0 aromatic carbocycles. The van der Waals surface area contributed by atoms with Gasteiger partial charge in [-0.2, -0.15) is 0 Å². The number of aromatic nitrogens is 1. The molecule has 0 bridgehead atoms. The maximum Gasteiger partial charge on any atom is 0.129 e. The second-order valence-electron chi connectivity index (χ2n) is 1.86. The molecule has 0 aliphatic carbocycles. The van der Waals surface area contributed by atoms with Crippen LogP contribution in [0.1, 0.15) is 0 Å². The van der Waals surface area contributed by atoms with Crippen LogP contribution < -0.4 is 5.06 Å². The van der Waals surface area contributed by atoms with Crippen LogP contribution in [-0.2, 0) is 0 Å². The third-order valence-electron chi connectivity index (χ3n) is 1.09. The number of hydrogen-bond donors (Lipinski definition) is 1. The molecule has 54 valence electrons. The predicted molar refractivity (Wildman–Crippen MR) is 39.4 cm³/mol. The molecule has 0 amide bonds. The van der Waals surface area contributed by atoms with Crippen LogP contribution in [0.2, 0.25) is 5.15 Å². The van der Waals surface area contributed by atoms with Gasteiger partial charge in [-0.1, -0.05) is 11.6 Å². The Hall–Kier alpha value is -0.800. The number of anilines is 1. The molecule has 1 heterocycles. The van der Waals surface area contributed by atoms with E-state index in [4.69, 9.17) is 16.8 Å². The standard InChI is InChI=1S/C6H7ClN2O/c1-9(10)5-2-3-6(7)8-4-5/h2-4,10H,1H3. The Morgan fingerprint density at radius 1 is 1.60 bits per heavy atom. The zero-order valence-electron chi connectivity index (χ0n) is 5.45. The molecule has 1 aromatic heterocycles. The van der Waals surface area contributed by atoms with Crippen LogP contribution in [0.15, 0.2) is 18.3 Å². The monoisotopic (exact) mass is 158 g/mol. The number of rotatable bonds is 1. The number of nitrogens with zero attached hydrogens (tertiary/aromatic N) is 2. The first kappa shape index (κ1) is 7.31. The first-order chi connectivity index (χ1) is 4.70. The Morgan fingerprint density at radius 3 is 2.70 bits per heavy atom. The maximum atomic E-state index is 8.86. The van der Waals surface area contributed by atoms with Crippen molar-refractivity contribution in [3.63, 3.8) is 0 Å². The average Bonchev–Trinajstić information content (AvgIpc) is 1.88. The Kier molecular flexibility index (Phi) is 2.09.